The van der Waals surface area contributed by atoms with Gasteiger partial charge in [0.15, 0.2) is 0 Å². The summed E-state index contributed by atoms with van der Waals surface area (Å²) in [5.74, 6) is 1.57. The minimum atomic E-state index is -0.0324. The first-order valence-corrected chi connectivity index (χ1v) is 22.1. The summed E-state index contributed by atoms with van der Waals surface area (Å²) in [6, 6.07) is 64.7. The average molecular weight is 887 g/mol. The molecule has 0 atom stereocenters. The van der Waals surface area contributed by atoms with Crippen LogP contribution in [0, 0.1) is 22.7 Å². The number of aliphatic hydroxyl groups is 2. The molecule has 0 radical (unpaired) electrons. The van der Waals surface area contributed by atoms with Crippen LogP contribution < -0.4 is 19.3 Å². The third-order valence-corrected chi connectivity index (χ3v) is 12.0. The minimum Gasteiger partial charge on any atom is -0.497 e. The van der Waals surface area contributed by atoms with E-state index in [1.165, 1.54) is 0 Å². The molecule has 9 rings (SSSR count). The molecule has 0 bridgehead atoms. The monoisotopic (exact) mass is 886 g/mol. The molecule has 0 aliphatic rings. The van der Waals surface area contributed by atoms with E-state index in [1.807, 2.05) is 158 Å². The maximum absolute atomic E-state index is 10.6. The number of fused-ring (bicyclic) bond motifs is 2. The highest BCUT2D eigenvalue weighted by Crippen LogP contribution is 2.39. The summed E-state index contributed by atoms with van der Waals surface area (Å²) in [5.41, 5.74) is 12.3. The van der Waals surface area contributed by atoms with Gasteiger partial charge in [0.05, 0.1) is 38.6 Å². The Morgan fingerprint density at radius 2 is 0.662 bits per heavy atom. The van der Waals surface area contributed by atoms with Gasteiger partial charge in [0.1, 0.15) is 23.6 Å². The number of nitriles is 2. The minimum absolute atomic E-state index is 0.0324. The van der Waals surface area contributed by atoms with Crippen LogP contribution in [0.3, 0.4) is 0 Å². The van der Waals surface area contributed by atoms with Crippen molar-refractivity contribution in [3.8, 4) is 23.6 Å². The van der Waals surface area contributed by atoms with Crippen molar-refractivity contribution in [1.29, 1.82) is 10.5 Å². The molecule has 2 N–H and O–H groups in total. The Morgan fingerprint density at radius 1 is 0.382 bits per heavy atom. The Bertz CT molecular complexity index is 3040. The van der Waals surface area contributed by atoms with Gasteiger partial charge in [-0.3, -0.25) is 0 Å². The number of anilines is 6. The van der Waals surface area contributed by atoms with Crippen molar-refractivity contribution < 1.29 is 19.7 Å². The SMILES string of the molecule is COc1ccc(N(c2ccc(C=Cc3ccc4c(C#N)c5cc(C=Cc6ccc(N(c7ccc(CO)cc7)c7ccc(CO)cc7)cc6)ccc5c(C#N)c4c3)cc2)c2ccc(OC)cc2)cc1. The molecule has 0 heterocycles. The summed E-state index contributed by atoms with van der Waals surface area (Å²) < 4.78 is 10.8. The van der Waals surface area contributed by atoms with E-state index in [0.29, 0.717) is 11.1 Å². The fourth-order valence-corrected chi connectivity index (χ4v) is 8.42. The standard InChI is InChI=1S/C60H46N4O4/c1-67-53-29-25-51(26-30-53)64(52-27-31-54(68-2)32-28-52)48-19-9-42(10-20-48)4-6-44-16-34-56-58(36-44)60(38-62)55-33-15-43(35-57(55)59(56)37-61)5-3-41-7-17-47(18-8-41)63(49-21-11-45(39-65)12-22-49)50-23-13-46(40-66)14-24-50/h3-36,65-66H,39-40H2,1-2H3. The number of benzene rings is 9. The second kappa shape index (κ2) is 20.1. The highest BCUT2D eigenvalue weighted by Gasteiger charge is 2.17. The Hall–Kier alpha value is -8.92. The molecule has 8 heteroatoms. The van der Waals surface area contributed by atoms with Crippen LogP contribution in [0.1, 0.15) is 44.5 Å². The molecule has 9 aromatic carbocycles. The molecule has 0 unspecified atom stereocenters. The van der Waals surface area contributed by atoms with Gasteiger partial charge in [-0.25, -0.2) is 0 Å². The Balaban J connectivity index is 0.964. The van der Waals surface area contributed by atoms with Crippen LogP contribution in [0.2, 0.25) is 0 Å². The summed E-state index contributed by atoms with van der Waals surface area (Å²) in [6.45, 7) is -0.0647. The second-order valence-corrected chi connectivity index (χ2v) is 16.1. The Labute approximate surface area is 396 Å². The second-order valence-electron chi connectivity index (χ2n) is 16.1. The molecule has 68 heavy (non-hydrogen) atoms. The predicted molar refractivity (Wildman–Crippen MR) is 276 cm³/mol. The van der Waals surface area contributed by atoms with Crippen LogP contribution >= 0.6 is 0 Å². The number of aliphatic hydroxyl groups excluding tert-OH is 2. The molecule has 330 valence electrons. The topological polar surface area (TPSA) is 113 Å². The lowest BCUT2D eigenvalue weighted by Gasteiger charge is -2.26. The van der Waals surface area contributed by atoms with Gasteiger partial charge < -0.3 is 29.5 Å². The molecule has 0 saturated carbocycles. The molecule has 0 fully saturated rings. The summed E-state index contributed by atoms with van der Waals surface area (Å²) in [4.78, 5) is 4.30. The molecular weight excluding hydrogens is 841 g/mol. The summed E-state index contributed by atoms with van der Waals surface area (Å²) in [6.07, 6.45) is 8.12. The van der Waals surface area contributed by atoms with E-state index in [9.17, 15) is 20.7 Å². The predicted octanol–water partition coefficient (Wildman–Crippen LogP) is 14.0. The van der Waals surface area contributed by atoms with E-state index >= 15 is 0 Å². The molecular formula is C60H46N4O4. The van der Waals surface area contributed by atoms with Gasteiger partial charge in [0, 0.05) is 55.7 Å². The molecule has 0 amide bonds. The van der Waals surface area contributed by atoms with Gasteiger partial charge in [-0.05, 0) is 143 Å². The molecule has 0 spiro atoms. The van der Waals surface area contributed by atoms with Crippen LogP contribution in [0.15, 0.2) is 182 Å². The van der Waals surface area contributed by atoms with E-state index < -0.39 is 0 Å². The third kappa shape index (κ3) is 9.28. The van der Waals surface area contributed by atoms with E-state index in [-0.39, 0.29) is 13.2 Å². The van der Waals surface area contributed by atoms with E-state index in [2.05, 4.69) is 70.5 Å². The number of methoxy groups -OCH3 is 2. The quantitative estimate of drug-likeness (QED) is 0.0820. The molecule has 8 nitrogen and oxygen atoms in total. The van der Waals surface area contributed by atoms with Crippen LogP contribution in [0.4, 0.5) is 34.1 Å². The largest absolute Gasteiger partial charge is 0.497 e. The van der Waals surface area contributed by atoms with Crippen molar-refractivity contribution in [3.63, 3.8) is 0 Å². The number of rotatable bonds is 14. The molecule has 0 saturated heterocycles. The van der Waals surface area contributed by atoms with Crippen LogP contribution in [-0.4, -0.2) is 24.4 Å². The van der Waals surface area contributed by atoms with Crippen molar-refractivity contribution in [1.82, 2.24) is 0 Å². The van der Waals surface area contributed by atoms with Crippen LogP contribution in [0.5, 0.6) is 11.5 Å². The highest BCUT2D eigenvalue weighted by atomic mass is 16.5. The van der Waals surface area contributed by atoms with Crippen molar-refractivity contribution >= 4 is 80.0 Å². The zero-order valence-electron chi connectivity index (χ0n) is 37.5. The summed E-state index contributed by atoms with van der Waals surface area (Å²) >= 11 is 0. The lowest BCUT2D eigenvalue weighted by atomic mass is 9.90. The van der Waals surface area contributed by atoms with Gasteiger partial charge in [0.25, 0.3) is 0 Å². The van der Waals surface area contributed by atoms with Gasteiger partial charge in [-0.2, -0.15) is 10.5 Å². The van der Waals surface area contributed by atoms with Crippen molar-refractivity contribution in [2.45, 2.75) is 13.2 Å². The molecule has 0 aromatic heterocycles. The molecule has 9 aromatic rings. The number of ether oxygens (including phenoxy) is 2. The van der Waals surface area contributed by atoms with Gasteiger partial charge >= 0.3 is 0 Å². The summed E-state index contributed by atoms with van der Waals surface area (Å²) in [5, 5.41) is 43.3. The van der Waals surface area contributed by atoms with Crippen molar-refractivity contribution in [3.05, 3.63) is 226 Å². The highest BCUT2D eigenvalue weighted by molar-refractivity contribution is 6.10. The number of nitrogens with zero attached hydrogens (tertiary/aromatic N) is 4. The lowest BCUT2D eigenvalue weighted by molar-refractivity contribution is 0.281. The smallest absolute Gasteiger partial charge is 0.119 e. The van der Waals surface area contributed by atoms with Crippen molar-refractivity contribution in [2.24, 2.45) is 0 Å². The maximum Gasteiger partial charge on any atom is 0.119 e. The lowest BCUT2D eigenvalue weighted by Crippen LogP contribution is -2.10. The van der Waals surface area contributed by atoms with Crippen LogP contribution in [0.25, 0.3) is 45.8 Å². The van der Waals surface area contributed by atoms with Crippen LogP contribution in [-0.2, 0) is 13.2 Å². The first kappa shape index (κ1) is 44.3. The number of hydrogen-bond donors (Lipinski definition) is 2. The van der Waals surface area contributed by atoms with Crippen molar-refractivity contribution in [2.75, 3.05) is 24.0 Å². The Morgan fingerprint density at radius 3 is 0.956 bits per heavy atom. The van der Waals surface area contributed by atoms with Gasteiger partial charge in [0.2, 0.25) is 0 Å². The Kier molecular flexibility index (Phi) is 13.1. The third-order valence-electron chi connectivity index (χ3n) is 12.0. The maximum atomic E-state index is 10.6. The molecule has 0 aliphatic heterocycles. The van der Waals surface area contributed by atoms with Gasteiger partial charge in [-0.1, -0.05) is 97.1 Å². The van der Waals surface area contributed by atoms with E-state index in [4.69, 9.17) is 9.47 Å². The normalized spacial score (nSPS) is 11.2. The average Bonchev–Trinajstić information content (AvgIpc) is 3.40. The zero-order valence-corrected chi connectivity index (χ0v) is 37.5. The summed E-state index contributed by atoms with van der Waals surface area (Å²) in [7, 11) is 3.32. The van der Waals surface area contributed by atoms with E-state index in [0.717, 1.165) is 101 Å². The number of hydrogen-bond acceptors (Lipinski definition) is 8. The van der Waals surface area contributed by atoms with Gasteiger partial charge in [-0.15, -0.1) is 0 Å². The first-order valence-electron chi connectivity index (χ1n) is 22.1. The first-order chi connectivity index (χ1) is 33.4. The zero-order chi connectivity index (χ0) is 47.0. The van der Waals surface area contributed by atoms with E-state index in [1.54, 1.807) is 14.2 Å². The fourth-order valence-electron chi connectivity index (χ4n) is 8.42. The fraction of sp³-hybridized carbons (Fsp3) is 0.0667. The molecule has 0 aliphatic carbocycles.